The van der Waals surface area contributed by atoms with E-state index in [0.29, 0.717) is 5.41 Å². The molecule has 2 fully saturated rings. The quantitative estimate of drug-likeness (QED) is 0.824. The average molecular weight is 256 g/mol. The van der Waals surface area contributed by atoms with E-state index in [1.807, 2.05) is 0 Å². The highest BCUT2D eigenvalue weighted by Gasteiger charge is 2.43. The summed E-state index contributed by atoms with van der Waals surface area (Å²) in [5, 5.41) is 0. The molecule has 100 valence electrons. The molecule has 2 nitrogen and oxygen atoms in total. The lowest BCUT2D eigenvalue weighted by Gasteiger charge is -2.50. The Balaban J connectivity index is 2.11. The second-order valence-electron chi connectivity index (χ2n) is 6.66. The van der Waals surface area contributed by atoms with Crippen molar-refractivity contribution in [1.82, 2.24) is 4.90 Å². The van der Waals surface area contributed by atoms with Gasteiger partial charge in [0.1, 0.15) is 0 Å². The second-order valence-corrected chi connectivity index (χ2v) is 7.65. The number of thioether (sulfide) groups is 1. The predicted octanol–water partition coefficient (Wildman–Crippen LogP) is 2.72. The second kappa shape index (κ2) is 5.50. The maximum absolute atomic E-state index is 6.19. The third-order valence-electron chi connectivity index (χ3n) is 4.33. The Labute approximate surface area is 111 Å². The molecule has 3 heteroatoms. The molecule has 0 spiro atoms. The fraction of sp³-hybridized carbons (Fsp3) is 1.00. The molecule has 1 atom stereocenters. The van der Waals surface area contributed by atoms with E-state index in [9.17, 15) is 0 Å². The van der Waals surface area contributed by atoms with Gasteiger partial charge in [0.15, 0.2) is 0 Å². The first-order valence-corrected chi connectivity index (χ1v) is 8.26. The van der Waals surface area contributed by atoms with Crippen LogP contribution in [-0.4, -0.2) is 41.6 Å². The van der Waals surface area contributed by atoms with Gasteiger partial charge in [0.25, 0.3) is 0 Å². The summed E-state index contributed by atoms with van der Waals surface area (Å²) < 4.78 is 0. The smallest absolute Gasteiger partial charge is 0.0427 e. The Morgan fingerprint density at radius 2 is 1.71 bits per heavy atom. The third-order valence-corrected chi connectivity index (χ3v) is 6.06. The normalized spacial score (nSPS) is 35.5. The van der Waals surface area contributed by atoms with Crippen LogP contribution >= 0.6 is 11.8 Å². The highest BCUT2D eigenvalue weighted by Crippen LogP contribution is 2.42. The first-order chi connectivity index (χ1) is 8.08. The van der Waals surface area contributed by atoms with Gasteiger partial charge < -0.3 is 5.73 Å². The SMILES string of the molecule is CC1(C)CSCC(CN)(N2CCCCCC2)C1. The lowest BCUT2D eigenvalue weighted by atomic mass is 9.78. The summed E-state index contributed by atoms with van der Waals surface area (Å²) in [4.78, 5) is 2.73. The molecule has 0 aromatic heterocycles. The van der Waals surface area contributed by atoms with Crippen LogP contribution in [0.1, 0.15) is 46.0 Å². The fourth-order valence-corrected chi connectivity index (χ4v) is 5.06. The molecule has 0 saturated carbocycles. The number of hydrogen-bond donors (Lipinski definition) is 1. The van der Waals surface area contributed by atoms with E-state index in [-0.39, 0.29) is 5.54 Å². The first-order valence-electron chi connectivity index (χ1n) is 7.11. The van der Waals surface area contributed by atoms with Crippen LogP contribution in [0.15, 0.2) is 0 Å². The van der Waals surface area contributed by atoms with Crippen molar-refractivity contribution in [3.8, 4) is 0 Å². The molecule has 0 radical (unpaired) electrons. The van der Waals surface area contributed by atoms with Crippen molar-refractivity contribution in [1.29, 1.82) is 0 Å². The summed E-state index contributed by atoms with van der Waals surface area (Å²) >= 11 is 2.11. The summed E-state index contributed by atoms with van der Waals surface area (Å²) in [6.07, 6.45) is 6.84. The van der Waals surface area contributed by atoms with Crippen LogP contribution in [0.3, 0.4) is 0 Å². The van der Waals surface area contributed by atoms with Gasteiger partial charge in [0.05, 0.1) is 0 Å². The number of rotatable bonds is 2. The third kappa shape index (κ3) is 3.18. The standard InChI is InChI=1S/C14H28N2S/c1-13(2)9-14(10-15,12-17-11-13)16-7-5-3-4-6-8-16/h3-12,15H2,1-2H3. The van der Waals surface area contributed by atoms with Gasteiger partial charge in [-0.2, -0.15) is 11.8 Å². The van der Waals surface area contributed by atoms with Gasteiger partial charge in [0, 0.05) is 17.8 Å². The van der Waals surface area contributed by atoms with Gasteiger partial charge in [-0.05, 0) is 43.5 Å². The highest BCUT2D eigenvalue weighted by atomic mass is 32.2. The van der Waals surface area contributed by atoms with Crippen molar-refractivity contribution in [3.63, 3.8) is 0 Å². The largest absolute Gasteiger partial charge is 0.329 e. The number of nitrogens with two attached hydrogens (primary N) is 1. The maximum atomic E-state index is 6.19. The van der Waals surface area contributed by atoms with Crippen molar-refractivity contribution in [2.24, 2.45) is 11.1 Å². The van der Waals surface area contributed by atoms with Crippen molar-refractivity contribution >= 4 is 11.8 Å². The van der Waals surface area contributed by atoms with Crippen LogP contribution in [0.2, 0.25) is 0 Å². The van der Waals surface area contributed by atoms with Gasteiger partial charge in [-0.1, -0.05) is 26.7 Å². The fourth-order valence-electron chi connectivity index (χ4n) is 3.52. The lowest BCUT2D eigenvalue weighted by Crippen LogP contribution is -2.60. The molecular formula is C14H28N2S. The van der Waals surface area contributed by atoms with Crippen molar-refractivity contribution < 1.29 is 0 Å². The predicted molar refractivity (Wildman–Crippen MR) is 77.5 cm³/mol. The number of likely N-dealkylation sites (tertiary alicyclic amines) is 1. The molecular weight excluding hydrogens is 228 g/mol. The Bertz CT molecular complexity index is 247. The molecule has 2 saturated heterocycles. The Kier molecular flexibility index (Phi) is 4.43. The minimum absolute atomic E-state index is 0.288. The Morgan fingerprint density at radius 3 is 2.24 bits per heavy atom. The van der Waals surface area contributed by atoms with Crippen molar-refractivity contribution in [3.05, 3.63) is 0 Å². The summed E-state index contributed by atoms with van der Waals surface area (Å²) in [7, 11) is 0. The molecule has 0 bridgehead atoms. The number of hydrogen-bond acceptors (Lipinski definition) is 3. The molecule has 2 heterocycles. The molecule has 17 heavy (non-hydrogen) atoms. The monoisotopic (exact) mass is 256 g/mol. The van der Waals surface area contributed by atoms with Crippen LogP contribution < -0.4 is 5.73 Å². The summed E-state index contributed by atoms with van der Waals surface area (Å²) in [5.41, 5.74) is 6.93. The Hall–Kier alpha value is 0.270. The molecule has 0 amide bonds. The molecule has 2 rings (SSSR count). The van der Waals surface area contributed by atoms with Crippen LogP contribution in [0.4, 0.5) is 0 Å². The zero-order chi connectivity index (χ0) is 12.4. The minimum atomic E-state index is 0.288. The van der Waals surface area contributed by atoms with Gasteiger partial charge in [-0.15, -0.1) is 0 Å². The van der Waals surface area contributed by atoms with Crippen LogP contribution in [0.25, 0.3) is 0 Å². The molecule has 0 aromatic carbocycles. The van der Waals surface area contributed by atoms with Gasteiger partial charge in [-0.3, -0.25) is 4.90 Å². The van der Waals surface area contributed by atoms with Crippen molar-refractivity contribution in [2.45, 2.75) is 51.5 Å². The zero-order valence-corrected chi connectivity index (χ0v) is 12.3. The molecule has 2 N–H and O–H groups in total. The van der Waals surface area contributed by atoms with Crippen molar-refractivity contribution in [2.75, 3.05) is 31.1 Å². The molecule has 0 aromatic rings. The van der Waals surface area contributed by atoms with E-state index in [1.165, 1.54) is 56.7 Å². The van der Waals surface area contributed by atoms with Gasteiger partial charge >= 0.3 is 0 Å². The maximum Gasteiger partial charge on any atom is 0.0427 e. The van der Waals surface area contributed by atoms with E-state index in [0.717, 1.165) is 6.54 Å². The van der Waals surface area contributed by atoms with Crippen LogP contribution in [0.5, 0.6) is 0 Å². The summed E-state index contributed by atoms with van der Waals surface area (Å²) in [6.45, 7) is 8.19. The van der Waals surface area contributed by atoms with E-state index < -0.39 is 0 Å². The molecule has 2 aliphatic rings. The molecule has 0 aliphatic carbocycles. The van der Waals surface area contributed by atoms with Gasteiger partial charge in [-0.25, -0.2) is 0 Å². The first kappa shape index (κ1) is 13.7. The topological polar surface area (TPSA) is 29.3 Å². The lowest BCUT2D eigenvalue weighted by molar-refractivity contribution is 0.0717. The van der Waals surface area contributed by atoms with E-state index in [2.05, 4.69) is 30.5 Å². The number of nitrogens with zero attached hydrogens (tertiary/aromatic N) is 1. The molecule has 1 unspecified atom stereocenters. The Morgan fingerprint density at radius 1 is 1.06 bits per heavy atom. The summed E-state index contributed by atoms with van der Waals surface area (Å²) in [6, 6.07) is 0. The molecule has 2 aliphatic heterocycles. The van der Waals surface area contributed by atoms with E-state index >= 15 is 0 Å². The minimum Gasteiger partial charge on any atom is -0.329 e. The zero-order valence-electron chi connectivity index (χ0n) is 11.5. The average Bonchev–Trinajstić information content (AvgIpc) is 2.56. The van der Waals surface area contributed by atoms with E-state index in [4.69, 9.17) is 5.73 Å². The van der Waals surface area contributed by atoms with E-state index in [1.54, 1.807) is 0 Å². The van der Waals surface area contributed by atoms with Crippen LogP contribution in [-0.2, 0) is 0 Å². The summed E-state index contributed by atoms with van der Waals surface area (Å²) in [5.74, 6) is 2.54. The van der Waals surface area contributed by atoms with Gasteiger partial charge in [0.2, 0.25) is 0 Å². The van der Waals surface area contributed by atoms with Crippen LogP contribution in [0, 0.1) is 5.41 Å². The highest BCUT2D eigenvalue weighted by molar-refractivity contribution is 7.99.